The largest absolute Gasteiger partial charge is 0.464 e. The Morgan fingerprint density at radius 3 is 2.90 bits per heavy atom. The van der Waals surface area contributed by atoms with Gasteiger partial charge >= 0.3 is 5.97 Å². The number of carbonyl (C=O) groups is 2. The summed E-state index contributed by atoms with van der Waals surface area (Å²) >= 11 is 0. The number of nitrogens with two attached hydrogens (primary N) is 1. The van der Waals surface area contributed by atoms with E-state index >= 15 is 0 Å². The van der Waals surface area contributed by atoms with Gasteiger partial charge < -0.3 is 15.8 Å². The topological polar surface area (TPSA) is 112 Å². The van der Waals surface area contributed by atoms with Crippen LogP contribution in [0.5, 0.6) is 0 Å². The van der Waals surface area contributed by atoms with Gasteiger partial charge in [0, 0.05) is 12.4 Å². The van der Waals surface area contributed by atoms with Crippen LogP contribution in [0.25, 0.3) is 11.0 Å². The van der Waals surface area contributed by atoms with Gasteiger partial charge in [-0.1, -0.05) is 0 Å². The normalized spacial score (nSPS) is 12.2. The molecule has 2 heterocycles. The van der Waals surface area contributed by atoms with E-state index in [2.05, 4.69) is 15.4 Å². The molecule has 0 aliphatic rings. The van der Waals surface area contributed by atoms with Crippen LogP contribution in [-0.4, -0.2) is 39.3 Å². The maximum atomic E-state index is 11.9. The van der Waals surface area contributed by atoms with Gasteiger partial charge in [-0.05, 0) is 19.9 Å². The zero-order valence-electron chi connectivity index (χ0n) is 12.1. The number of anilines is 1. The van der Waals surface area contributed by atoms with E-state index in [4.69, 9.17) is 10.5 Å². The Bertz CT molecular complexity index is 694. The number of nitrogens with zero attached hydrogens (tertiary/aromatic N) is 3. The fourth-order valence-electron chi connectivity index (χ4n) is 1.94. The first-order valence-corrected chi connectivity index (χ1v) is 6.46. The van der Waals surface area contributed by atoms with Crippen molar-refractivity contribution in [3.8, 4) is 0 Å². The van der Waals surface area contributed by atoms with Gasteiger partial charge in [0.2, 0.25) is 0 Å². The first-order chi connectivity index (χ1) is 9.93. The van der Waals surface area contributed by atoms with Crippen molar-refractivity contribution in [2.24, 2.45) is 12.8 Å². The van der Waals surface area contributed by atoms with Crippen LogP contribution in [0.3, 0.4) is 0 Å². The van der Waals surface area contributed by atoms with Crippen LogP contribution in [-0.2, 0) is 21.4 Å². The highest BCUT2D eigenvalue weighted by atomic mass is 16.5. The second-order valence-corrected chi connectivity index (χ2v) is 4.52. The maximum absolute atomic E-state index is 11.9. The van der Waals surface area contributed by atoms with E-state index < -0.39 is 17.9 Å². The summed E-state index contributed by atoms with van der Waals surface area (Å²) in [7, 11) is 1.79. The molecule has 0 radical (unpaired) electrons. The van der Waals surface area contributed by atoms with Crippen LogP contribution in [0.1, 0.15) is 12.6 Å². The number of ether oxygens (including phenoxy) is 1. The Morgan fingerprint density at radius 1 is 1.52 bits per heavy atom. The fraction of sp³-hybridized carbons (Fsp3) is 0.385. The van der Waals surface area contributed by atoms with Gasteiger partial charge in [-0.3, -0.25) is 9.48 Å². The minimum Gasteiger partial charge on any atom is -0.464 e. The van der Waals surface area contributed by atoms with Crippen LogP contribution in [0.4, 0.5) is 5.69 Å². The smallest absolute Gasteiger partial charge is 0.332 e. The van der Waals surface area contributed by atoms with Crippen molar-refractivity contribution in [3.05, 3.63) is 18.0 Å². The molecule has 0 saturated carbocycles. The predicted molar refractivity (Wildman–Crippen MR) is 76.5 cm³/mol. The Hall–Kier alpha value is -2.48. The van der Waals surface area contributed by atoms with E-state index in [0.29, 0.717) is 11.3 Å². The first-order valence-electron chi connectivity index (χ1n) is 6.46. The average molecular weight is 291 g/mol. The second kappa shape index (κ2) is 5.88. The first kappa shape index (κ1) is 14.9. The number of aromatic nitrogens is 3. The van der Waals surface area contributed by atoms with Crippen LogP contribution >= 0.6 is 0 Å². The number of nitrogens with one attached hydrogen (secondary N) is 1. The van der Waals surface area contributed by atoms with Crippen molar-refractivity contribution in [2.75, 3.05) is 11.9 Å². The number of aryl methyl sites for hydroxylation is 2. The fourth-order valence-corrected chi connectivity index (χ4v) is 1.94. The summed E-state index contributed by atoms with van der Waals surface area (Å²) in [5, 5.41) is 7.61. The van der Waals surface area contributed by atoms with Gasteiger partial charge in [0.05, 0.1) is 24.2 Å². The van der Waals surface area contributed by atoms with Crippen LogP contribution in [0.2, 0.25) is 0 Å². The predicted octanol–water partition coefficient (Wildman–Crippen LogP) is 0.106. The third kappa shape index (κ3) is 3.00. The molecule has 21 heavy (non-hydrogen) atoms. The monoisotopic (exact) mass is 291 g/mol. The van der Waals surface area contributed by atoms with Crippen LogP contribution in [0, 0.1) is 6.92 Å². The number of amides is 1. The van der Waals surface area contributed by atoms with Crippen molar-refractivity contribution >= 4 is 28.6 Å². The molecule has 8 nitrogen and oxygen atoms in total. The van der Waals surface area contributed by atoms with E-state index in [1.54, 1.807) is 24.7 Å². The van der Waals surface area contributed by atoms with E-state index in [1.165, 1.54) is 6.20 Å². The quantitative estimate of drug-likeness (QED) is 0.610. The molecule has 2 rings (SSSR count). The van der Waals surface area contributed by atoms with Gasteiger partial charge in [0.1, 0.15) is 0 Å². The van der Waals surface area contributed by atoms with Gasteiger partial charge in [0.15, 0.2) is 11.7 Å². The highest BCUT2D eigenvalue weighted by Gasteiger charge is 2.23. The molecule has 2 aromatic heterocycles. The lowest BCUT2D eigenvalue weighted by Crippen LogP contribution is -2.43. The Morgan fingerprint density at radius 2 is 2.24 bits per heavy atom. The lowest BCUT2D eigenvalue weighted by Gasteiger charge is -2.11. The highest BCUT2D eigenvalue weighted by molar-refractivity contribution is 6.08. The molecule has 0 aromatic carbocycles. The third-order valence-corrected chi connectivity index (χ3v) is 2.95. The minimum atomic E-state index is -1.37. The number of carbonyl (C=O) groups excluding carboxylic acids is 2. The summed E-state index contributed by atoms with van der Waals surface area (Å²) in [6.45, 7) is 3.66. The summed E-state index contributed by atoms with van der Waals surface area (Å²) in [5.74, 6) is -1.40. The lowest BCUT2D eigenvalue weighted by molar-refractivity contribution is -0.146. The second-order valence-electron chi connectivity index (χ2n) is 4.52. The third-order valence-electron chi connectivity index (χ3n) is 2.95. The van der Waals surface area contributed by atoms with Crippen molar-refractivity contribution in [1.29, 1.82) is 0 Å². The Balaban J connectivity index is 2.18. The number of pyridine rings is 1. The number of rotatable bonds is 4. The summed E-state index contributed by atoms with van der Waals surface area (Å²) in [6, 6.07) is 0.371. The van der Waals surface area contributed by atoms with Gasteiger partial charge in [-0.2, -0.15) is 5.10 Å². The number of hydrogen-bond donors (Lipinski definition) is 2. The van der Waals surface area contributed by atoms with Crippen molar-refractivity contribution in [2.45, 2.75) is 19.9 Å². The molecule has 3 N–H and O–H groups in total. The van der Waals surface area contributed by atoms with Crippen molar-refractivity contribution < 1.29 is 14.3 Å². The minimum absolute atomic E-state index is 0.169. The number of fused-ring (bicyclic) bond motifs is 1. The van der Waals surface area contributed by atoms with Gasteiger partial charge in [-0.15, -0.1) is 0 Å². The van der Waals surface area contributed by atoms with E-state index in [1.807, 2.05) is 6.92 Å². The van der Waals surface area contributed by atoms with E-state index in [0.717, 1.165) is 11.1 Å². The summed E-state index contributed by atoms with van der Waals surface area (Å²) in [6.07, 6.45) is 1.49. The molecular formula is C13H17N5O3. The molecule has 0 saturated heterocycles. The molecule has 0 aliphatic carbocycles. The SMILES string of the molecule is CCOC(=O)C(N)C(=O)Nc1cnc2c(c1)c(C)nn2C. The summed E-state index contributed by atoms with van der Waals surface area (Å²) in [5.41, 5.74) is 7.47. The molecule has 2 aromatic rings. The van der Waals surface area contributed by atoms with E-state index in [9.17, 15) is 9.59 Å². The zero-order chi connectivity index (χ0) is 15.6. The number of hydrogen-bond acceptors (Lipinski definition) is 6. The average Bonchev–Trinajstić information content (AvgIpc) is 2.73. The van der Waals surface area contributed by atoms with Gasteiger partial charge in [-0.25, -0.2) is 9.78 Å². The molecule has 0 spiro atoms. The van der Waals surface area contributed by atoms with Crippen molar-refractivity contribution in [1.82, 2.24) is 14.8 Å². The lowest BCUT2D eigenvalue weighted by atomic mass is 10.2. The number of esters is 1. The van der Waals surface area contributed by atoms with Gasteiger partial charge in [0.25, 0.3) is 5.91 Å². The highest BCUT2D eigenvalue weighted by Crippen LogP contribution is 2.19. The molecule has 112 valence electrons. The maximum Gasteiger partial charge on any atom is 0.332 e. The molecule has 1 atom stereocenters. The van der Waals surface area contributed by atoms with Crippen LogP contribution in [0.15, 0.2) is 12.3 Å². The molecule has 1 unspecified atom stereocenters. The summed E-state index contributed by atoms with van der Waals surface area (Å²) < 4.78 is 6.35. The van der Waals surface area contributed by atoms with Crippen LogP contribution < -0.4 is 11.1 Å². The Kier molecular flexibility index (Phi) is 4.18. The molecule has 0 aliphatic heterocycles. The molecular weight excluding hydrogens is 274 g/mol. The Labute approximate surface area is 121 Å². The molecule has 8 heteroatoms. The zero-order valence-corrected chi connectivity index (χ0v) is 12.1. The molecule has 1 amide bonds. The summed E-state index contributed by atoms with van der Waals surface area (Å²) in [4.78, 5) is 27.5. The standard InChI is InChI=1S/C13H17N5O3/c1-4-21-13(20)10(14)12(19)16-8-5-9-7(2)17-18(3)11(9)15-6-8/h5-6,10H,4,14H2,1-3H3,(H,16,19). The van der Waals surface area contributed by atoms with E-state index in [-0.39, 0.29) is 6.61 Å². The van der Waals surface area contributed by atoms with Crippen molar-refractivity contribution in [3.63, 3.8) is 0 Å². The molecule has 0 bridgehead atoms. The molecule has 0 fully saturated rings.